The van der Waals surface area contributed by atoms with Crippen LogP contribution in [0.15, 0.2) is 58.0 Å². The maximum atomic E-state index is 12.8. The largest absolute Gasteiger partial charge is 0.301 e. The molecule has 2 aromatic carbocycles. The van der Waals surface area contributed by atoms with Crippen molar-refractivity contribution < 1.29 is 9.59 Å². The van der Waals surface area contributed by atoms with Gasteiger partial charge in [0.1, 0.15) is 0 Å². The summed E-state index contributed by atoms with van der Waals surface area (Å²) in [4.78, 5) is 30.6. The van der Waals surface area contributed by atoms with E-state index in [-0.39, 0.29) is 5.11 Å². The van der Waals surface area contributed by atoms with Gasteiger partial charge >= 0.3 is 0 Å². The number of benzene rings is 2. The normalized spacial score (nSPS) is 17.9. The van der Waals surface area contributed by atoms with Crippen molar-refractivity contribution in [2.75, 3.05) is 4.90 Å². The van der Waals surface area contributed by atoms with E-state index in [1.807, 2.05) is 31.2 Å². The minimum Gasteiger partial charge on any atom is -0.301 e. The van der Waals surface area contributed by atoms with E-state index >= 15 is 0 Å². The molecule has 1 fully saturated rings. The van der Waals surface area contributed by atoms with Crippen LogP contribution in [0.4, 0.5) is 11.4 Å². The number of anilines is 1. The second-order valence-electron chi connectivity index (χ2n) is 5.51. The van der Waals surface area contributed by atoms with E-state index < -0.39 is 17.7 Å². The summed E-state index contributed by atoms with van der Waals surface area (Å²) in [5.74, 6) is -1.94. The van der Waals surface area contributed by atoms with E-state index in [1.165, 1.54) is 11.1 Å². The lowest BCUT2D eigenvalue weighted by Crippen LogP contribution is -2.58. The number of rotatable bonds is 3. The van der Waals surface area contributed by atoms with E-state index in [4.69, 9.17) is 12.2 Å². The quantitative estimate of drug-likeness (QED) is 0.473. The van der Waals surface area contributed by atoms with Gasteiger partial charge in [-0.3, -0.25) is 19.5 Å². The van der Waals surface area contributed by atoms with E-state index in [0.717, 1.165) is 10.0 Å². The SMILES string of the molecule is Cc1ccc(N=C[C@@H]2C(=O)NC(=S)N(c3ccccc3)C2=O)c(Br)c1. The average Bonchev–Trinajstić information content (AvgIpc) is 2.57. The molecule has 0 saturated carbocycles. The van der Waals surface area contributed by atoms with Crippen LogP contribution in [0.25, 0.3) is 0 Å². The zero-order valence-corrected chi connectivity index (χ0v) is 15.7. The third-order valence-corrected chi connectivity index (χ3v) is 4.60. The van der Waals surface area contributed by atoms with E-state index in [2.05, 4.69) is 26.2 Å². The van der Waals surface area contributed by atoms with Crippen molar-refractivity contribution in [1.82, 2.24) is 5.32 Å². The third-order valence-electron chi connectivity index (χ3n) is 3.68. The number of nitrogens with one attached hydrogen (secondary N) is 1. The Morgan fingerprint density at radius 3 is 2.60 bits per heavy atom. The van der Waals surface area contributed by atoms with Gasteiger partial charge in [-0.05, 0) is 64.9 Å². The number of aliphatic imine (C=N–C) groups is 1. The van der Waals surface area contributed by atoms with Crippen molar-refractivity contribution >= 4 is 62.7 Å². The number of carbonyl (C=O) groups excluding carboxylic acids is 2. The van der Waals surface area contributed by atoms with Gasteiger partial charge in [0.2, 0.25) is 5.91 Å². The summed E-state index contributed by atoms with van der Waals surface area (Å²) in [5, 5.41) is 2.63. The summed E-state index contributed by atoms with van der Waals surface area (Å²) in [6.07, 6.45) is 1.35. The van der Waals surface area contributed by atoms with Crippen LogP contribution >= 0.6 is 28.1 Å². The highest BCUT2D eigenvalue weighted by atomic mass is 79.9. The number of amides is 2. The Morgan fingerprint density at radius 2 is 1.92 bits per heavy atom. The highest BCUT2D eigenvalue weighted by molar-refractivity contribution is 9.10. The first-order valence-corrected chi connectivity index (χ1v) is 8.71. The molecule has 0 radical (unpaired) electrons. The molecular formula is C18H14BrN3O2S. The predicted octanol–water partition coefficient (Wildman–Crippen LogP) is 3.52. The fourth-order valence-electron chi connectivity index (χ4n) is 2.41. The zero-order valence-electron chi connectivity index (χ0n) is 13.3. The smallest absolute Gasteiger partial charge is 0.251 e. The Hall–Kier alpha value is -2.38. The molecule has 1 N–H and O–H groups in total. The molecule has 25 heavy (non-hydrogen) atoms. The van der Waals surface area contributed by atoms with Crippen LogP contribution in [0.3, 0.4) is 0 Å². The van der Waals surface area contributed by atoms with E-state index in [1.54, 1.807) is 24.3 Å². The number of thiocarbonyl (C=S) groups is 1. The number of hydrogen-bond donors (Lipinski definition) is 1. The summed E-state index contributed by atoms with van der Waals surface area (Å²) in [6.45, 7) is 1.97. The van der Waals surface area contributed by atoms with Gasteiger partial charge in [0.05, 0.1) is 11.4 Å². The van der Waals surface area contributed by atoms with Gasteiger partial charge in [-0.15, -0.1) is 0 Å². The minimum absolute atomic E-state index is 0.0716. The van der Waals surface area contributed by atoms with Gasteiger partial charge in [-0.2, -0.15) is 0 Å². The molecule has 1 heterocycles. The topological polar surface area (TPSA) is 61.8 Å². The number of halogens is 1. The van der Waals surface area contributed by atoms with Crippen LogP contribution in [-0.4, -0.2) is 23.1 Å². The summed E-state index contributed by atoms with van der Waals surface area (Å²) in [5.41, 5.74) is 2.33. The van der Waals surface area contributed by atoms with E-state index in [9.17, 15) is 9.59 Å². The molecule has 1 atom stereocenters. The Bertz CT molecular complexity index is 883. The summed E-state index contributed by atoms with van der Waals surface area (Å²) >= 11 is 8.58. The summed E-state index contributed by atoms with van der Waals surface area (Å²) in [7, 11) is 0. The second-order valence-corrected chi connectivity index (χ2v) is 6.76. The molecule has 0 aliphatic carbocycles. The number of nitrogens with zero attached hydrogens (tertiary/aromatic N) is 2. The molecular weight excluding hydrogens is 402 g/mol. The first-order valence-electron chi connectivity index (χ1n) is 7.51. The van der Waals surface area contributed by atoms with E-state index in [0.29, 0.717) is 11.4 Å². The maximum Gasteiger partial charge on any atom is 0.251 e. The van der Waals surface area contributed by atoms with Crippen molar-refractivity contribution in [3.63, 3.8) is 0 Å². The Kier molecular flexibility index (Phi) is 5.06. The molecule has 5 nitrogen and oxygen atoms in total. The van der Waals surface area contributed by atoms with Crippen LogP contribution < -0.4 is 10.2 Å². The summed E-state index contributed by atoms with van der Waals surface area (Å²) in [6, 6.07) is 14.6. The lowest BCUT2D eigenvalue weighted by molar-refractivity contribution is -0.130. The fraction of sp³-hybridized carbons (Fsp3) is 0.111. The molecule has 3 rings (SSSR count). The van der Waals surface area contributed by atoms with Gasteiger partial charge in [0, 0.05) is 10.7 Å². The Morgan fingerprint density at radius 1 is 1.20 bits per heavy atom. The first kappa shape index (κ1) is 17.4. The van der Waals surface area contributed by atoms with Crippen molar-refractivity contribution in [2.24, 2.45) is 10.9 Å². The number of para-hydroxylation sites is 1. The lowest BCUT2D eigenvalue weighted by atomic mass is 10.1. The standard InChI is InChI=1S/C18H14BrN3O2S/c1-11-7-8-15(14(19)9-11)20-10-13-16(23)21-18(25)22(17(13)24)12-5-3-2-4-6-12/h2-10,13H,1H3,(H,21,23,25)/t13-/m1/s1. The molecule has 2 amide bonds. The highest BCUT2D eigenvalue weighted by Gasteiger charge is 2.38. The molecule has 0 unspecified atom stereocenters. The molecule has 0 bridgehead atoms. The maximum absolute atomic E-state index is 12.8. The van der Waals surface area contributed by atoms with Crippen LogP contribution in [0.1, 0.15) is 5.56 Å². The zero-order chi connectivity index (χ0) is 18.0. The first-order chi connectivity index (χ1) is 12.0. The van der Waals surface area contributed by atoms with Crippen molar-refractivity contribution in [2.45, 2.75) is 6.92 Å². The third kappa shape index (κ3) is 3.67. The van der Waals surface area contributed by atoms with Crippen molar-refractivity contribution in [1.29, 1.82) is 0 Å². The van der Waals surface area contributed by atoms with Crippen LogP contribution in [0.2, 0.25) is 0 Å². The number of carbonyl (C=O) groups is 2. The molecule has 1 aliphatic rings. The van der Waals surface area contributed by atoms with Crippen LogP contribution in [0, 0.1) is 12.8 Å². The molecule has 1 aliphatic heterocycles. The summed E-state index contributed by atoms with van der Waals surface area (Å²) < 4.78 is 0.794. The highest BCUT2D eigenvalue weighted by Crippen LogP contribution is 2.27. The minimum atomic E-state index is -1.04. The Labute approximate surface area is 158 Å². The average molecular weight is 416 g/mol. The molecule has 7 heteroatoms. The van der Waals surface area contributed by atoms with Crippen LogP contribution in [0.5, 0.6) is 0 Å². The van der Waals surface area contributed by atoms with Gasteiger partial charge in [-0.25, -0.2) is 0 Å². The monoisotopic (exact) mass is 415 g/mol. The number of hydrogen-bond acceptors (Lipinski definition) is 4. The predicted molar refractivity (Wildman–Crippen MR) is 105 cm³/mol. The van der Waals surface area contributed by atoms with Crippen molar-refractivity contribution in [3.05, 3.63) is 58.6 Å². The lowest BCUT2D eigenvalue weighted by Gasteiger charge is -2.30. The van der Waals surface area contributed by atoms with Crippen molar-refractivity contribution in [3.8, 4) is 0 Å². The van der Waals surface area contributed by atoms with Gasteiger partial charge < -0.3 is 5.32 Å². The fourth-order valence-corrected chi connectivity index (χ4v) is 3.31. The Balaban J connectivity index is 1.90. The second kappa shape index (κ2) is 7.25. The van der Waals surface area contributed by atoms with Gasteiger partial charge in [0.15, 0.2) is 11.0 Å². The van der Waals surface area contributed by atoms with Gasteiger partial charge in [0.25, 0.3) is 5.91 Å². The van der Waals surface area contributed by atoms with Gasteiger partial charge in [-0.1, -0.05) is 24.3 Å². The van der Waals surface area contributed by atoms with Crippen LogP contribution in [-0.2, 0) is 9.59 Å². The molecule has 2 aromatic rings. The molecule has 0 spiro atoms. The molecule has 126 valence electrons. The number of aryl methyl sites for hydroxylation is 1. The molecule has 0 aromatic heterocycles. The molecule has 1 saturated heterocycles.